The van der Waals surface area contributed by atoms with Crippen LogP contribution in [0.2, 0.25) is 0 Å². The molecule has 1 fully saturated rings. The topological polar surface area (TPSA) is 12.0 Å². The Morgan fingerprint density at radius 1 is 1.25 bits per heavy atom. The summed E-state index contributed by atoms with van der Waals surface area (Å²) in [6, 6.07) is 14.0. The second-order valence-electron chi connectivity index (χ2n) is 5.70. The van der Waals surface area contributed by atoms with Crippen LogP contribution in [-0.2, 0) is 0 Å². The number of hydrogen-bond donors (Lipinski definition) is 1. The second-order valence-corrected chi connectivity index (χ2v) is 6.68. The van der Waals surface area contributed by atoms with Crippen LogP contribution in [0.25, 0.3) is 0 Å². The van der Waals surface area contributed by atoms with Crippen molar-refractivity contribution in [2.75, 3.05) is 6.54 Å². The van der Waals surface area contributed by atoms with Gasteiger partial charge in [-0.05, 0) is 54.3 Å². The molecule has 0 radical (unpaired) electrons. The predicted molar refractivity (Wildman–Crippen MR) is 87.5 cm³/mol. The van der Waals surface area contributed by atoms with Gasteiger partial charge in [0, 0.05) is 4.88 Å². The third-order valence-corrected chi connectivity index (χ3v) is 5.18. The molecule has 0 spiro atoms. The van der Waals surface area contributed by atoms with Gasteiger partial charge in [-0.3, -0.25) is 0 Å². The average Bonchev–Trinajstić information content (AvgIpc) is 2.92. The van der Waals surface area contributed by atoms with Crippen molar-refractivity contribution in [3.05, 3.63) is 57.8 Å². The second kappa shape index (κ2) is 6.55. The normalized spacial score (nSPS) is 16.9. The Bertz CT molecular complexity index is 528. The smallest absolute Gasteiger partial charge is 0.0671 e. The molecule has 1 nitrogen and oxygen atoms in total. The maximum atomic E-state index is 3.70. The zero-order valence-corrected chi connectivity index (χ0v) is 13.0. The molecular weight excluding hydrogens is 262 g/mol. The van der Waals surface area contributed by atoms with E-state index < -0.39 is 0 Å². The van der Waals surface area contributed by atoms with E-state index in [9.17, 15) is 0 Å². The quantitative estimate of drug-likeness (QED) is 0.778. The van der Waals surface area contributed by atoms with E-state index in [0.29, 0.717) is 6.04 Å². The molecule has 0 saturated heterocycles. The fraction of sp³-hybridized carbons (Fsp3) is 0.444. The standard InChI is InChI=1S/C18H23NS/c1-2-11-19-18(17-10-5-12-20-17)16-9-4-8-15(13-16)14-6-3-7-14/h4-5,8-10,12-14,18-19H,2-3,6-7,11H2,1H3. The van der Waals surface area contributed by atoms with Crippen molar-refractivity contribution in [1.82, 2.24) is 5.32 Å². The van der Waals surface area contributed by atoms with Crippen molar-refractivity contribution in [2.24, 2.45) is 0 Å². The molecular formula is C18H23NS. The van der Waals surface area contributed by atoms with E-state index >= 15 is 0 Å². The molecule has 1 aromatic heterocycles. The van der Waals surface area contributed by atoms with Crippen molar-refractivity contribution in [3.63, 3.8) is 0 Å². The van der Waals surface area contributed by atoms with E-state index in [1.54, 1.807) is 0 Å². The zero-order valence-electron chi connectivity index (χ0n) is 12.1. The molecule has 3 rings (SSSR count). The lowest BCUT2D eigenvalue weighted by Crippen LogP contribution is -2.22. The number of rotatable bonds is 6. The number of benzene rings is 1. The van der Waals surface area contributed by atoms with Gasteiger partial charge in [0.2, 0.25) is 0 Å². The number of thiophene rings is 1. The highest BCUT2D eigenvalue weighted by Gasteiger charge is 2.21. The maximum Gasteiger partial charge on any atom is 0.0671 e. The first-order chi connectivity index (χ1) is 9.88. The first-order valence-corrected chi connectivity index (χ1v) is 8.63. The van der Waals surface area contributed by atoms with Gasteiger partial charge in [-0.25, -0.2) is 0 Å². The molecule has 20 heavy (non-hydrogen) atoms. The van der Waals surface area contributed by atoms with Crippen molar-refractivity contribution in [3.8, 4) is 0 Å². The first-order valence-electron chi connectivity index (χ1n) is 7.75. The van der Waals surface area contributed by atoms with Crippen LogP contribution < -0.4 is 5.32 Å². The van der Waals surface area contributed by atoms with Gasteiger partial charge in [-0.15, -0.1) is 11.3 Å². The molecule has 1 saturated carbocycles. The molecule has 0 amide bonds. The van der Waals surface area contributed by atoms with Crippen LogP contribution in [0.5, 0.6) is 0 Å². The minimum absolute atomic E-state index is 0.356. The summed E-state index contributed by atoms with van der Waals surface area (Å²) in [6.07, 6.45) is 5.31. The Balaban J connectivity index is 1.86. The summed E-state index contributed by atoms with van der Waals surface area (Å²) in [7, 11) is 0. The van der Waals surface area contributed by atoms with E-state index in [2.05, 4.69) is 54.0 Å². The molecule has 1 heterocycles. The molecule has 1 aromatic carbocycles. The fourth-order valence-electron chi connectivity index (χ4n) is 2.86. The van der Waals surface area contributed by atoms with Crippen LogP contribution in [0.15, 0.2) is 41.8 Å². The summed E-state index contributed by atoms with van der Waals surface area (Å²) in [4.78, 5) is 1.42. The van der Waals surface area contributed by atoms with Crippen molar-refractivity contribution in [1.29, 1.82) is 0 Å². The van der Waals surface area contributed by atoms with E-state index in [-0.39, 0.29) is 0 Å². The Morgan fingerprint density at radius 2 is 2.15 bits per heavy atom. The number of hydrogen-bond acceptors (Lipinski definition) is 2. The van der Waals surface area contributed by atoms with Gasteiger partial charge < -0.3 is 5.32 Å². The largest absolute Gasteiger partial charge is 0.306 e. The Morgan fingerprint density at radius 3 is 2.80 bits per heavy atom. The molecule has 1 aliphatic carbocycles. The third-order valence-electron chi connectivity index (χ3n) is 4.25. The monoisotopic (exact) mass is 285 g/mol. The Kier molecular flexibility index (Phi) is 4.54. The van der Waals surface area contributed by atoms with Gasteiger partial charge in [0.15, 0.2) is 0 Å². The summed E-state index contributed by atoms with van der Waals surface area (Å²) in [6.45, 7) is 3.29. The molecule has 1 unspecified atom stereocenters. The lowest BCUT2D eigenvalue weighted by atomic mass is 9.79. The van der Waals surface area contributed by atoms with Gasteiger partial charge in [0.1, 0.15) is 0 Å². The Hall–Kier alpha value is -1.12. The molecule has 1 N–H and O–H groups in total. The Labute approximate surface area is 126 Å². The molecule has 0 bridgehead atoms. The summed E-state index contributed by atoms with van der Waals surface area (Å²) in [5.74, 6) is 0.810. The molecule has 1 atom stereocenters. The maximum absolute atomic E-state index is 3.70. The van der Waals surface area contributed by atoms with Crippen molar-refractivity contribution >= 4 is 11.3 Å². The van der Waals surface area contributed by atoms with E-state index in [1.807, 2.05) is 11.3 Å². The van der Waals surface area contributed by atoms with Crippen LogP contribution in [0.3, 0.4) is 0 Å². The third kappa shape index (κ3) is 2.97. The lowest BCUT2D eigenvalue weighted by molar-refractivity contribution is 0.419. The van der Waals surface area contributed by atoms with Gasteiger partial charge in [-0.1, -0.05) is 43.7 Å². The minimum Gasteiger partial charge on any atom is -0.306 e. The fourth-order valence-corrected chi connectivity index (χ4v) is 3.69. The van der Waals surface area contributed by atoms with Gasteiger partial charge >= 0.3 is 0 Å². The van der Waals surface area contributed by atoms with Crippen LogP contribution in [0, 0.1) is 0 Å². The van der Waals surface area contributed by atoms with E-state index in [0.717, 1.165) is 12.5 Å². The summed E-state index contributed by atoms with van der Waals surface area (Å²) < 4.78 is 0. The molecule has 2 heteroatoms. The molecule has 106 valence electrons. The summed E-state index contributed by atoms with van der Waals surface area (Å²) in [5, 5.41) is 5.87. The average molecular weight is 285 g/mol. The van der Waals surface area contributed by atoms with Gasteiger partial charge in [0.25, 0.3) is 0 Å². The highest BCUT2D eigenvalue weighted by molar-refractivity contribution is 7.10. The lowest BCUT2D eigenvalue weighted by Gasteiger charge is -2.27. The predicted octanol–water partition coefficient (Wildman–Crippen LogP) is 5.10. The first kappa shape index (κ1) is 13.8. The van der Waals surface area contributed by atoms with Crippen molar-refractivity contribution < 1.29 is 0 Å². The van der Waals surface area contributed by atoms with E-state index in [1.165, 1.54) is 41.7 Å². The zero-order chi connectivity index (χ0) is 13.8. The molecule has 1 aliphatic rings. The summed E-state index contributed by atoms with van der Waals surface area (Å²) in [5.41, 5.74) is 2.96. The van der Waals surface area contributed by atoms with Gasteiger partial charge in [-0.2, -0.15) is 0 Å². The highest BCUT2D eigenvalue weighted by atomic mass is 32.1. The highest BCUT2D eigenvalue weighted by Crippen LogP contribution is 2.37. The van der Waals surface area contributed by atoms with E-state index in [4.69, 9.17) is 0 Å². The van der Waals surface area contributed by atoms with Crippen LogP contribution >= 0.6 is 11.3 Å². The van der Waals surface area contributed by atoms with Crippen LogP contribution in [0.1, 0.15) is 60.6 Å². The van der Waals surface area contributed by atoms with Gasteiger partial charge in [0.05, 0.1) is 6.04 Å². The molecule has 2 aromatic rings. The summed E-state index contributed by atoms with van der Waals surface area (Å²) >= 11 is 1.85. The number of nitrogens with one attached hydrogen (secondary N) is 1. The minimum atomic E-state index is 0.356. The van der Waals surface area contributed by atoms with Crippen molar-refractivity contribution in [2.45, 2.75) is 44.6 Å². The SMILES string of the molecule is CCCNC(c1cccc(C2CCC2)c1)c1cccs1. The van der Waals surface area contributed by atoms with Crippen LogP contribution in [-0.4, -0.2) is 6.54 Å². The molecule has 0 aliphatic heterocycles. The van der Waals surface area contributed by atoms with Crippen LogP contribution in [0.4, 0.5) is 0 Å².